The fraction of sp³-hybridized carbons (Fsp3) is 0.278. The Kier molecular flexibility index (Phi) is 4.57. The Labute approximate surface area is 140 Å². The summed E-state index contributed by atoms with van der Waals surface area (Å²) in [4.78, 5) is 22.0. The topological polar surface area (TPSA) is 70.7 Å². The zero-order chi connectivity index (χ0) is 17.1. The molecule has 0 aromatic carbocycles. The van der Waals surface area contributed by atoms with Crippen LogP contribution in [0.25, 0.3) is 5.65 Å². The molecule has 0 aliphatic heterocycles. The number of carboxylic acids is 1. The number of nitrogens with zero attached hydrogens (tertiary/aromatic N) is 4. The summed E-state index contributed by atoms with van der Waals surface area (Å²) in [5, 5.41) is 9.48. The van der Waals surface area contributed by atoms with Crippen LogP contribution in [0, 0.1) is 6.92 Å². The average molecular weight is 324 g/mol. The zero-order valence-corrected chi connectivity index (χ0v) is 13.8. The molecule has 0 fully saturated rings. The number of pyridine rings is 2. The molecule has 0 bridgehead atoms. The molecule has 0 radical (unpaired) electrons. The molecular weight excluding hydrogens is 304 g/mol. The lowest BCUT2D eigenvalue weighted by atomic mass is 10.2. The van der Waals surface area contributed by atoms with Crippen molar-refractivity contribution in [2.45, 2.75) is 19.9 Å². The van der Waals surface area contributed by atoms with E-state index in [2.05, 4.69) is 14.9 Å². The summed E-state index contributed by atoms with van der Waals surface area (Å²) < 4.78 is 1.88. The second kappa shape index (κ2) is 6.80. The molecule has 0 spiro atoms. The highest BCUT2D eigenvalue weighted by Gasteiger charge is 2.20. The Morgan fingerprint density at radius 3 is 2.75 bits per heavy atom. The quantitative estimate of drug-likeness (QED) is 0.754. The van der Waals surface area contributed by atoms with Crippen LogP contribution < -0.4 is 0 Å². The smallest absolute Gasteiger partial charge is 0.356 e. The number of aryl methyl sites for hydroxylation is 1. The van der Waals surface area contributed by atoms with E-state index >= 15 is 0 Å². The predicted octanol–water partition coefficient (Wildman–Crippen LogP) is 2.41. The van der Waals surface area contributed by atoms with Gasteiger partial charge in [-0.15, -0.1) is 0 Å². The second-order valence-corrected chi connectivity index (χ2v) is 5.94. The maximum Gasteiger partial charge on any atom is 0.356 e. The Morgan fingerprint density at radius 1 is 1.29 bits per heavy atom. The molecule has 3 aromatic rings. The standard InChI is InChI=1S/C18H20N4O2/c1-13-4-3-10-22-15(16(18(23)24)20-17(13)22)12-21(2)11-7-14-5-8-19-9-6-14/h3-6,8-10H,7,11-12H2,1-2H3,(H,23,24). The van der Waals surface area contributed by atoms with Gasteiger partial charge in [0.1, 0.15) is 5.65 Å². The number of rotatable bonds is 6. The third kappa shape index (κ3) is 3.28. The van der Waals surface area contributed by atoms with Gasteiger partial charge in [0.25, 0.3) is 0 Å². The predicted molar refractivity (Wildman–Crippen MR) is 91.2 cm³/mol. The van der Waals surface area contributed by atoms with Crippen LogP contribution in [0.15, 0.2) is 42.9 Å². The van der Waals surface area contributed by atoms with Crippen LogP contribution >= 0.6 is 0 Å². The Bertz CT molecular complexity index is 858. The third-order valence-corrected chi connectivity index (χ3v) is 4.10. The van der Waals surface area contributed by atoms with E-state index in [0.29, 0.717) is 17.9 Å². The van der Waals surface area contributed by atoms with Crippen molar-refractivity contribution in [1.29, 1.82) is 0 Å². The van der Waals surface area contributed by atoms with Gasteiger partial charge in [-0.1, -0.05) is 6.07 Å². The number of likely N-dealkylation sites (N-methyl/N-ethyl adjacent to an activating group) is 1. The Morgan fingerprint density at radius 2 is 2.04 bits per heavy atom. The SMILES string of the molecule is Cc1cccn2c(CN(C)CCc3ccncc3)c(C(=O)O)nc12. The highest BCUT2D eigenvalue weighted by Crippen LogP contribution is 2.17. The van der Waals surface area contributed by atoms with E-state index in [1.165, 1.54) is 5.56 Å². The maximum atomic E-state index is 11.6. The first kappa shape index (κ1) is 16.1. The van der Waals surface area contributed by atoms with Gasteiger partial charge in [-0.2, -0.15) is 0 Å². The minimum atomic E-state index is -0.990. The molecule has 0 saturated carbocycles. The Balaban J connectivity index is 1.82. The number of fused-ring (bicyclic) bond motifs is 1. The van der Waals surface area contributed by atoms with Crippen LogP contribution in [0.4, 0.5) is 0 Å². The van der Waals surface area contributed by atoms with Crippen molar-refractivity contribution < 1.29 is 9.90 Å². The van der Waals surface area contributed by atoms with Crippen LogP contribution in [0.2, 0.25) is 0 Å². The molecule has 0 saturated heterocycles. The van der Waals surface area contributed by atoms with Gasteiger partial charge in [0, 0.05) is 31.7 Å². The highest BCUT2D eigenvalue weighted by molar-refractivity contribution is 5.88. The summed E-state index contributed by atoms with van der Waals surface area (Å²) in [5.41, 5.74) is 3.71. The molecule has 3 aromatic heterocycles. The molecular formula is C18H20N4O2. The third-order valence-electron chi connectivity index (χ3n) is 4.10. The fourth-order valence-corrected chi connectivity index (χ4v) is 2.78. The fourth-order valence-electron chi connectivity index (χ4n) is 2.78. The summed E-state index contributed by atoms with van der Waals surface area (Å²) in [6.07, 6.45) is 6.32. The number of imidazole rings is 1. The average Bonchev–Trinajstić information content (AvgIpc) is 2.94. The molecule has 6 nitrogen and oxygen atoms in total. The first-order valence-corrected chi connectivity index (χ1v) is 7.83. The van der Waals surface area contributed by atoms with Crippen molar-refractivity contribution in [3.8, 4) is 0 Å². The molecule has 3 rings (SSSR count). The van der Waals surface area contributed by atoms with Crippen molar-refractivity contribution in [2.24, 2.45) is 0 Å². The molecule has 0 aliphatic carbocycles. The van der Waals surface area contributed by atoms with E-state index in [9.17, 15) is 9.90 Å². The minimum absolute atomic E-state index is 0.125. The number of carbonyl (C=O) groups is 1. The van der Waals surface area contributed by atoms with Crippen LogP contribution in [0.1, 0.15) is 27.3 Å². The van der Waals surface area contributed by atoms with Crippen LogP contribution in [0.3, 0.4) is 0 Å². The minimum Gasteiger partial charge on any atom is -0.476 e. The molecule has 124 valence electrons. The molecule has 0 aliphatic rings. The van der Waals surface area contributed by atoms with Gasteiger partial charge in [-0.3, -0.25) is 4.98 Å². The Hall–Kier alpha value is -2.73. The molecule has 24 heavy (non-hydrogen) atoms. The van der Waals surface area contributed by atoms with Gasteiger partial charge in [0.05, 0.1) is 5.69 Å². The maximum absolute atomic E-state index is 11.6. The van der Waals surface area contributed by atoms with E-state index in [0.717, 1.165) is 18.5 Å². The van der Waals surface area contributed by atoms with Crippen LogP contribution in [0.5, 0.6) is 0 Å². The van der Waals surface area contributed by atoms with Crippen molar-refractivity contribution in [3.05, 3.63) is 65.4 Å². The van der Waals surface area contributed by atoms with Gasteiger partial charge in [0.2, 0.25) is 0 Å². The molecule has 0 unspecified atom stereocenters. The first-order valence-electron chi connectivity index (χ1n) is 7.83. The second-order valence-electron chi connectivity index (χ2n) is 5.94. The zero-order valence-electron chi connectivity index (χ0n) is 13.8. The summed E-state index contributed by atoms with van der Waals surface area (Å²) >= 11 is 0. The molecule has 0 atom stereocenters. The van der Waals surface area contributed by atoms with Gasteiger partial charge in [0.15, 0.2) is 5.69 Å². The number of hydrogen-bond donors (Lipinski definition) is 1. The number of hydrogen-bond acceptors (Lipinski definition) is 4. The number of aromatic nitrogens is 3. The number of aromatic carboxylic acids is 1. The largest absolute Gasteiger partial charge is 0.476 e. The molecule has 0 amide bonds. The van der Waals surface area contributed by atoms with Gasteiger partial charge in [-0.05, 0) is 49.7 Å². The molecule has 6 heteroatoms. The van der Waals surface area contributed by atoms with E-state index in [1.807, 2.05) is 48.8 Å². The van der Waals surface area contributed by atoms with Crippen molar-refractivity contribution in [1.82, 2.24) is 19.3 Å². The van der Waals surface area contributed by atoms with Gasteiger partial charge in [-0.25, -0.2) is 9.78 Å². The molecule has 3 heterocycles. The lowest BCUT2D eigenvalue weighted by Gasteiger charge is -2.17. The molecule has 1 N–H and O–H groups in total. The summed E-state index contributed by atoms with van der Waals surface area (Å²) in [6.45, 7) is 3.28. The van der Waals surface area contributed by atoms with Crippen LogP contribution in [-0.4, -0.2) is 43.9 Å². The highest BCUT2D eigenvalue weighted by atomic mass is 16.4. The number of carboxylic acid groups (broad SMARTS) is 1. The summed E-state index contributed by atoms with van der Waals surface area (Å²) in [6, 6.07) is 7.84. The van der Waals surface area contributed by atoms with E-state index in [-0.39, 0.29) is 5.69 Å². The monoisotopic (exact) mass is 324 g/mol. The van der Waals surface area contributed by atoms with E-state index in [4.69, 9.17) is 0 Å². The van der Waals surface area contributed by atoms with E-state index in [1.54, 1.807) is 12.4 Å². The lowest BCUT2D eigenvalue weighted by molar-refractivity contribution is 0.0689. The normalized spacial score (nSPS) is 11.3. The van der Waals surface area contributed by atoms with Gasteiger partial charge >= 0.3 is 5.97 Å². The van der Waals surface area contributed by atoms with E-state index < -0.39 is 5.97 Å². The van der Waals surface area contributed by atoms with Crippen LogP contribution in [-0.2, 0) is 13.0 Å². The first-order chi connectivity index (χ1) is 11.6. The van der Waals surface area contributed by atoms with Gasteiger partial charge < -0.3 is 14.4 Å². The summed E-state index contributed by atoms with van der Waals surface area (Å²) in [5.74, 6) is -0.990. The van der Waals surface area contributed by atoms with Crippen molar-refractivity contribution in [2.75, 3.05) is 13.6 Å². The van der Waals surface area contributed by atoms with Crippen molar-refractivity contribution >= 4 is 11.6 Å². The van der Waals surface area contributed by atoms with Crippen molar-refractivity contribution in [3.63, 3.8) is 0 Å². The summed E-state index contributed by atoms with van der Waals surface area (Å²) in [7, 11) is 1.99. The lowest BCUT2D eigenvalue weighted by Crippen LogP contribution is -2.23.